The van der Waals surface area contributed by atoms with Crippen molar-refractivity contribution < 1.29 is 0 Å². The fourth-order valence-corrected chi connectivity index (χ4v) is 2.31. The second kappa shape index (κ2) is 5.07. The Kier molecular flexibility index (Phi) is 3.50. The van der Waals surface area contributed by atoms with E-state index in [4.69, 9.17) is 5.26 Å². The maximum absolute atomic E-state index is 8.83. The molecule has 0 spiro atoms. The van der Waals surface area contributed by atoms with Crippen molar-refractivity contribution in [2.24, 2.45) is 0 Å². The van der Waals surface area contributed by atoms with Gasteiger partial charge in [0.15, 0.2) is 5.16 Å². The minimum Gasteiger partial charge on any atom is -0.295 e. The molecular formula is C13H13N3S. The highest BCUT2D eigenvalue weighted by Crippen LogP contribution is 2.24. The Morgan fingerprint density at radius 2 is 2.29 bits per heavy atom. The molecule has 0 aliphatic rings. The topological polar surface area (TPSA) is 41.6 Å². The smallest absolute Gasteiger partial charge is 0.173 e. The SMILES string of the molecule is Cc1cccc(-n2ccnc2SC(C)C#N)c1. The van der Waals surface area contributed by atoms with Crippen molar-refractivity contribution in [3.63, 3.8) is 0 Å². The van der Waals surface area contributed by atoms with Crippen LogP contribution in [0.1, 0.15) is 12.5 Å². The normalized spacial score (nSPS) is 12.1. The molecule has 0 radical (unpaired) electrons. The molecule has 1 heterocycles. The number of aryl methyl sites for hydroxylation is 1. The molecule has 2 rings (SSSR count). The van der Waals surface area contributed by atoms with Crippen LogP contribution >= 0.6 is 11.8 Å². The summed E-state index contributed by atoms with van der Waals surface area (Å²) in [5.41, 5.74) is 2.29. The molecule has 0 bridgehead atoms. The van der Waals surface area contributed by atoms with Crippen LogP contribution in [0.4, 0.5) is 0 Å². The van der Waals surface area contributed by atoms with E-state index < -0.39 is 0 Å². The zero-order valence-corrected chi connectivity index (χ0v) is 10.6. The molecule has 0 amide bonds. The van der Waals surface area contributed by atoms with Gasteiger partial charge in [-0.3, -0.25) is 4.57 Å². The van der Waals surface area contributed by atoms with Gasteiger partial charge in [-0.1, -0.05) is 23.9 Å². The Morgan fingerprint density at radius 1 is 1.47 bits per heavy atom. The third kappa shape index (κ3) is 2.69. The maximum Gasteiger partial charge on any atom is 0.173 e. The molecule has 0 aliphatic heterocycles. The van der Waals surface area contributed by atoms with Crippen molar-refractivity contribution in [1.82, 2.24) is 9.55 Å². The number of benzene rings is 1. The second-order valence-electron chi connectivity index (χ2n) is 3.81. The fourth-order valence-electron chi connectivity index (χ4n) is 1.54. The van der Waals surface area contributed by atoms with Crippen molar-refractivity contribution in [1.29, 1.82) is 5.26 Å². The minimum absolute atomic E-state index is 0.0963. The van der Waals surface area contributed by atoms with Crippen LogP contribution < -0.4 is 0 Å². The zero-order chi connectivity index (χ0) is 12.3. The molecule has 0 aliphatic carbocycles. The van der Waals surface area contributed by atoms with Crippen LogP contribution in [0, 0.1) is 18.3 Å². The molecule has 86 valence electrons. The lowest BCUT2D eigenvalue weighted by atomic mass is 10.2. The average molecular weight is 243 g/mol. The first-order chi connectivity index (χ1) is 8.20. The molecule has 1 aromatic heterocycles. The van der Waals surface area contributed by atoms with Crippen molar-refractivity contribution in [3.8, 4) is 11.8 Å². The molecule has 1 atom stereocenters. The number of thioether (sulfide) groups is 1. The van der Waals surface area contributed by atoms with Crippen LogP contribution in [0.3, 0.4) is 0 Å². The summed E-state index contributed by atoms with van der Waals surface area (Å²) in [6.07, 6.45) is 3.68. The highest BCUT2D eigenvalue weighted by molar-refractivity contribution is 8.00. The van der Waals surface area contributed by atoms with Gasteiger partial charge < -0.3 is 0 Å². The average Bonchev–Trinajstić information content (AvgIpc) is 2.77. The van der Waals surface area contributed by atoms with E-state index in [-0.39, 0.29) is 5.25 Å². The Labute approximate surface area is 105 Å². The van der Waals surface area contributed by atoms with E-state index in [1.807, 2.05) is 29.8 Å². The van der Waals surface area contributed by atoms with Crippen molar-refractivity contribution in [2.45, 2.75) is 24.3 Å². The monoisotopic (exact) mass is 243 g/mol. The lowest BCUT2D eigenvalue weighted by Crippen LogP contribution is -1.99. The van der Waals surface area contributed by atoms with Crippen LogP contribution in [-0.2, 0) is 0 Å². The van der Waals surface area contributed by atoms with Gasteiger partial charge in [0, 0.05) is 18.1 Å². The highest BCUT2D eigenvalue weighted by atomic mass is 32.2. The van der Waals surface area contributed by atoms with Gasteiger partial charge in [0.1, 0.15) is 0 Å². The standard InChI is InChI=1S/C13H13N3S/c1-10-4-3-5-12(8-10)16-7-6-15-13(16)17-11(2)9-14/h3-8,11H,1-2H3. The van der Waals surface area contributed by atoms with E-state index in [0.717, 1.165) is 10.8 Å². The van der Waals surface area contributed by atoms with Gasteiger partial charge >= 0.3 is 0 Å². The molecule has 0 fully saturated rings. The number of rotatable bonds is 3. The minimum atomic E-state index is -0.0963. The van der Waals surface area contributed by atoms with Gasteiger partial charge in [-0.2, -0.15) is 5.26 Å². The summed E-state index contributed by atoms with van der Waals surface area (Å²) < 4.78 is 2.01. The molecule has 1 aromatic carbocycles. The van der Waals surface area contributed by atoms with Gasteiger partial charge in [-0.15, -0.1) is 0 Å². The summed E-state index contributed by atoms with van der Waals surface area (Å²) in [4.78, 5) is 4.28. The highest BCUT2D eigenvalue weighted by Gasteiger charge is 2.09. The van der Waals surface area contributed by atoms with E-state index in [1.165, 1.54) is 17.3 Å². The summed E-state index contributed by atoms with van der Waals surface area (Å²) in [7, 11) is 0. The Balaban J connectivity index is 2.34. The Hall–Kier alpha value is -1.73. The second-order valence-corrected chi connectivity index (χ2v) is 5.12. The first-order valence-corrected chi connectivity index (χ1v) is 6.25. The van der Waals surface area contributed by atoms with Crippen molar-refractivity contribution >= 4 is 11.8 Å². The third-order valence-electron chi connectivity index (χ3n) is 2.35. The predicted octanol–water partition coefficient (Wildman–Crippen LogP) is 3.18. The molecule has 0 saturated carbocycles. The Bertz CT molecular complexity index is 554. The summed E-state index contributed by atoms with van der Waals surface area (Å²) in [6.45, 7) is 3.94. The first kappa shape index (κ1) is 11.7. The van der Waals surface area contributed by atoms with Crippen LogP contribution in [0.15, 0.2) is 41.8 Å². The molecule has 2 aromatic rings. The van der Waals surface area contributed by atoms with Crippen LogP contribution in [0.2, 0.25) is 0 Å². The van der Waals surface area contributed by atoms with E-state index in [1.54, 1.807) is 6.20 Å². The first-order valence-electron chi connectivity index (χ1n) is 5.37. The zero-order valence-electron chi connectivity index (χ0n) is 9.79. The van der Waals surface area contributed by atoms with E-state index in [2.05, 4.69) is 30.1 Å². The van der Waals surface area contributed by atoms with Gasteiger partial charge in [-0.05, 0) is 31.5 Å². The molecule has 4 heteroatoms. The molecular weight excluding hydrogens is 230 g/mol. The largest absolute Gasteiger partial charge is 0.295 e. The molecule has 17 heavy (non-hydrogen) atoms. The lowest BCUT2D eigenvalue weighted by Gasteiger charge is -2.08. The fraction of sp³-hybridized carbons (Fsp3) is 0.231. The van der Waals surface area contributed by atoms with Crippen LogP contribution in [0.5, 0.6) is 0 Å². The van der Waals surface area contributed by atoms with E-state index >= 15 is 0 Å². The van der Waals surface area contributed by atoms with Crippen LogP contribution in [0.25, 0.3) is 5.69 Å². The summed E-state index contributed by atoms with van der Waals surface area (Å²) >= 11 is 1.47. The number of nitrogens with zero attached hydrogens (tertiary/aromatic N) is 3. The lowest BCUT2D eigenvalue weighted by molar-refractivity contribution is 0.891. The number of aromatic nitrogens is 2. The molecule has 0 saturated heterocycles. The van der Waals surface area contributed by atoms with Gasteiger partial charge in [0.2, 0.25) is 0 Å². The van der Waals surface area contributed by atoms with E-state index in [9.17, 15) is 0 Å². The number of hydrogen-bond acceptors (Lipinski definition) is 3. The number of hydrogen-bond donors (Lipinski definition) is 0. The van der Waals surface area contributed by atoms with E-state index in [0.29, 0.717) is 0 Å². The predicted molar refractivity (Wildman–Crippen MR) is 69.2 cm³/mol. The summed E-state index contributed by atoms with van der Waals surface area (Å²) in [6, 6.07) is 10.4. The number of imidazole rings is 1. The van der Waals surface area contributed by atoms with Gasteiger partial charge in [0.05, 0.1) is 11.3 Å². The quantitative estimate of drug-likeness (QED) is 0.777. The Morgan fingerprint density at radius 3 is 3.00 bits per heavy atom. The van der Waals surface area contributed by atoms with Crippen molar-refractivity contribution in [3.05, 3.63) is 42.2 Å². The third-order valence-corrected chi connectivity index (χ3v) is 3.32. The summed E-state index contributed by atoms with van der Waals surface area (Å²) in [5, 5.41) is 9.59. The molecule has 0 N–H and O–H groups in total. The molecule has 1 unspecified atom stereocenters. The molecule has 3 nitrogen and oxygen atoms in total. The van der Waals surface area contributed by atoms with Crippen molar-refractivity contribution in [2.75, 3.05) is 0 Å². The maximum atomic E-state index is 8.83. The number of nitriles is 1. The van der Waals surface area contributed by atoms with Gasteiger partial charge in [0.25, 0.3) is 0 Å². The summed E-state index contributed by atoms with van der Waals surface area (Å²) in [5.74, 6) is 0. The van der Waals surface area contributed by atoms with Crippen LogP contribution in [-0.4, -0.2) is 14.8 Å². The van der Waals surface area contributed by atoms with Gasteiger partial charge in [-0.25, -0.2) is 4.98 Å².